The van der Waals surface area contributed by atoms with Crippen LogP contribution in [-0.4, -0.2) is 45.8 Å². The molecule has 2 aromatic rings. The fourth-order valence-electron chi connectivity index (χ4n) is 1.76. The Morgan fingerprint density at radius 1 is 1.43 bits per heavy atom. The second kappa shape index (κ2) is 6.74. The van der Waals surface area contributed by atoms with Crippen molar-refractivity contribution in [1.29, 1.82) is 0 Å². The van der Waals surface area contributed by atoms with Gasteiger partial charge in [0.15, 0.2) is 10.9 Å². The van der Waals surface area contributed by atoms with Crippen molar-refractivity contribution in [3.8, 4) is 0 Å². The summed E-state index contributed by atoms with van der Waals surface area (Å²) >= 11 is 0. The molecule has 0 bridgehead atoms. The maximum absolute atomic E-state index is 12.4. The molecule has 1 unspecified atom stereocenters. The second-order valence-electron chi connectivity index (χ2n) is 4.51. The molecule has 0 saturated heterocycles. The summed E-state index contributed by atoms with van der Waals surface area (Å²) in [5.74, 6) is 0.267. The lowest BCUT2D eigenvalue weighted by molar-refractivity contribution is 0.553. The van der Waals surface area contributed by atoms with Crippen LogP contribution < -0.4 is 10.0 Å². The Labute approximate surface area is 122 Å². The lowest BCUT2D eigenvalue weighted by atomic mass is 10.3. The molecule has 116 valence electrons. The van der Waals surface area contributed by atoms with Crippen LogP contribution in [0.15, 0.2) is 11.2 Å². The van der Waals surface area contributed by atoms with Gasteiger partial charge in [0, 0.05) is 12.1 Å². The maximum Gasteiger partial charge on any atom is 0.258 e. The van der Waals surface area contributed by atoms with E-state index in [4.69, 9.17) is 0 Å². The molecule has 0 aliphatic heterocycles. The van der Waals surface area contributed by atoms with Gasteiger partial charge < -0.3 is 5.32 Å². The minimum Gasteiger partial charge on any atom is -0.313 e. The summed E-state index contributed by atoms with van der Waals surface area (Å²) in [6.07, 6.45) is 2.46. The molecule has 0 radical (unpaired) electrons. The van der Waals surface area contributed by atoms with Crippen molar-refractivity contribution >= 4 is 10.0 Å². The Bertz CT molecular complexity index is 650. The van der Waals surface area contributed by atoms with Crippen molar-refractivity contribution in [2.75, 3.05) is 6.54 Å². The molecule has 1 atom stereocenters. The van der Waals surface area contributed by atoms with Crippen LogP contribution in [0.1, 0.15) is 37.7 Å². The minimum absolute atomic E-state index is 0.0430. The summed E-state index contributed by atoms with van der Waals surface area (Å²) in [7, 11) is -3.74. The largest absolute Gasteiger partial charge is 0.313 e. The number of aromatic amines is 2. The summed E-state index contributed by atoms with van der Waals surface area (Å²) in [5, 5.41) is 22.7. The van der Waals surface area contributed by atoms with Gasteiger partial charge in [-0.15, -0.1) is 10.2 Å². The topological polar surface area (TPSA) is 141 Å². The van der Waals surface area contributed by atoms with E-state index < -0.39 is 16.1 Å². The molecule has 0 aliphatic rings. The van der Waals surface area contributed by atoms with Crippen LogP contribution in [0.5, 0.6) is 0 Å². The van der Waals surface area contributed by atoms with Gasteiger partial charge >= 0.3 is 0 Å². The Morgan fingerprint density at radius 3 is 2.90 bits per heavy atom. The zero-order valence-corrected chi connectivity index (χ0v) is 12.6. The van der Waals surface area contributed by atoms with E-state index in [2.05, 4.69) is 40.9 Å². The Balaban J connectivity index is 2.11. The van der Waals surface area contributed by atoms with Gasteiger partial charge in [0.1, 0.15) is 0 Å². The van der Waals surface area contributed by atoms with E-state index in [1.165, 1.54) is 6.20 Å². The highest BCUT2D eigenvalue weighted by molar-refractivity contribution is 7.89. The van der Waals surface area contributed by atoms with E-state index in [9.17, 15) is 8.42 Å². The molecule has 0 aliphatic carbocycles. The zero-order chi connectivity index (χ0) is 15.3. The summed E-state index contributed by atoms with van der Waals surface area (Å²) in [5.41, 5.74) is 0.580. The van der Waals surface area contributed by atoms with Gasteiger partial charge in [0.25, 0.3) is 10.0 Å². The van der Waals surface area contributed by atoms with Gasteiger partial charge in [-0.1, -0.05) is 12.1 Å². The number of H-pyrrole nitrogens is 2. The third-order valence-corrected chi connectivity index (χ3v) is 4.32. The highest BCUT2D eigenvalue weighted by Crippen LogP contribution is 2.15. The molecule has 21 heavy (non-hydrogen) atoms. The highest BCUT2D eigenvalue weighted by atomic mass is 32.2. The molecule has 2 heterocycles. The highest BCUT2D eigenvalue weighted by Gasteiger charge is 2.24. The fourth-order valence-corrected chi connectivity index (χ4v) is 3.09. The molecular formula is C10H18N8O2S. The Hall–Kier alpha value is -1.85. The summed E-state index contributed by atoms with van der Waals surface area (Å²) in [6, 6.07) is -0.603. The number of aromatic nitrogens is 6. The van der Waals surface area contributed by atoms with Gasteiger partial charge in [-0.25, -0.2) is 8.42 Å². The zero-order valence-electron chi connectivity index (χ0n) is 11.8. The number of nitrogens with one attached hydrogen (secondary N) is 4. The van der Waals surface area contributed by atoms with E-state index in [1.807, 2.05) is 6.92 Å². The Morgan fingerprint density at radius 2 is 2.24 bits per heavy atom. The van der Waals surface area contributed by atoms with Crippen molar-refractivity contribution in [1.82, 2.24) is 40.9 Å². The smallest absolute Gasteiger partial charge is 0.258 e. The average molecular weight is 314 g/mol. The van der Waals surface area contributed by atoms with Crippen LogP contribution in [-0.2, 0) is 16.6 Å². The van der Waals surface area contributed by atoms with Gasteiger partial charge in [-0.05, 0) is 19.9 Å². The average Bonchev–Trinajstić information content (AvgIpc) is 3.10. The number of hydrogen-bond donors (Lipinski definition) is 4. The minimum atomic E-state index is -3.74. The first kappa shape index (κ1) is 15.5. The van der Waals surface area contributed by atoms with Crippen molar-refractivity contribution < 1.29 is 8.42 Å². The maximum atomic E-state index is 12.4. The number of tetrazole rings is 1. The van der Waals surface area contributed by atoms with Gasteiger partial charge in [0.05, 0.1) is 12.2 Å². The van der Waals surface area contributed by atoms with Crippen molar-refractivity contribution in [2.45, 2.75) is 37.9 Å². The Kier molecular flexibility index (Phi) is 4.98. The standard InChI is InChI=1S/C10H18N8O2S/c1-3-4-11-5-8-6-12-15-10(8)21(19,20)16-7(2)9-13-17-18-14-9/h6-7,11,16H,3-5H2,1-2H3,(H,12,15)(H,13,14,17,18). The predicted octanol–water partition coefficient (Wildman–Crippen LogP) is -0.538. The van der Waals surface area contributed by atoms with Crippen LogP contribution in [0, 0.1) is 0 Å². The first-order valence-electron chi connectivity index (χ1n) is 6.53. The van der Waals surface area contributed by atoms with E-state index >= 15 is 0 Å². The van der Waals surface area contributed by atoms with Crippen LogP contribution in [0.25, 0.3) is 0 Å². The molecule has 0 saturated carbocycles. The third kappa shape index (κ3) is 3.83. The number of rotatable bonds is 8. The normalized spacial score (nSPS) is 13.4. The van der Waals surface area contributed by atoms with Crippen LogP contribution in [0.2, 0.25) is 0 Å². The van der Waals surface area contributed by atoms with Gasteiger partial charge in [-0.3, -0.25) is 5.10 Å². The van der Waals surface area contributed by atoms with E-state index in [0.717, 1.165) is 13.0 Å². The molecule has 0 aromatic carbocycles. The first-order chi connectivity index (χ1) is 10.0. The van der Waals surface area contributed by atoms with E-state index in [1.54, 1.807) is 6.92 Å². The van der Waals surface area contributed by atoms with Crippen LogP contribution >= 0.6 is 0 Å². The molecular weight excluding hydrogens is 296 g/mol. The van der Waals surface area contributed by atoms with E-state index in [-0.39, 0.29) is 10.9 Å². The second-order valence-corrected chi connectivity index (χ2v) is 6.16. The molecule has 11 heteroatoms. The fraction of sp³-hybridized carbons (Fsp3) is 0.600. The summed E-state index contributed by atoms with van der Waals surface area (Å²) in [6.45, 7) is 4.90. The predicted molar refractivity (Wildman–Crippen MR) is 73.5 cm³/mol. The first-order valence-corrected chi connectivity index (χ1v) is 8.01. The summed E-state index contributed by atoms with van der Waals surface area (Å²) in [4.78, 5) is 0. The monoisotopic (exact) mass is 314 g/mol. The van der Waals surface area contributed by atoms with Crippen molar-refractivity contribution in [2.24, 2.45) is 0 Å². The molecule has 4 N–H and O–H groups in total. The lowest BCUT2D eigenvalue weighted by Gasteiger charge is -2.11. The van der Waals surface area contributed by atoms with Crippen LogP contribution in [0.3, 0.4) is 0 Å². The number of hydrogen-bond acceptors (Lipinski definition) is 7. The molecule has 0 fully saturated rings. The quantitative estimate of drug-likeness (QED) is 0.479. The number of nitrogens with zero attached hydrogens (tertiary/aromatic N) is 4. The molecule has 2 aromatic heterocycles. The SMILES string of the molecule is CCCNCc1cn[nH]c1S(=O)(=O)NC(C)c1nn[nH]n1. The number of sulfonamides is 1. The molecule has 0 spiro atoms. The molecule has 2 rings (SSSR count). The third-order valence-electron chi connectivity index (χ3n) is 2.77. The van der Waals surface area contributed by atoms with Crippen LogP contribution in [0.4, 0.5) is 0 Å². The van der Waals surface area contributed by atoms with Gasteiger partial charge in [-0.2, -0.15) is 15.0 Å². The molecule has 10 nitrogen and oxygen atoms in total. The van der Waals surface area contributed by atoms with E-state index in [0.29, 0.717) is 12.1 Å². The van der Waals surface area contributed by atoms with Crippen molar-refractivity contribution in [3.05, 3.63) is 17.6 Å². The molecule has 0 amide bonds. The summed E-state index contributed by atoms with van der Waals surface area (Å²) < 4.78 is 27.2. The van der Waals surface area contributed by atoms with Gasteiger partial charge in [0.2, 0.25) is 0 Å². The lowest BCUT2D eigenvalue weighted by Crippen LogP contribution is -2.29. The van der Waals surface area contributed by atoms with Crippen molar-refractivity contribution in [3.63, 3.8) is 0 Å².